The molecule has 3 heterocycles. The smallest absolute Gasteiger partial charge is 0.336 e. The Morgan fingerprint density at radius 1 is 1.25 bits per heavy atom. The standard InChI is InChI=1S/C31H34Cl2N2O5/c1-21-30(31(37)40-20-24-11-10-22(16-27(24)38-2)8-5-3-4-6-14-32)26(23-12-13-28(33)34-18-23)17-29(36)35(21)19-25-9-7-15-39-25/h10-13,16,18,25-26H,3-4,6-7,9,14-15,17,19-20H2,1-2H3/t25-,26+/m1/s1. The monoisotopic (exact) mass is 584 g/mol. The summed E-state index contributed by atoms with van der Waals surface area (Å²) in [5, 5.41) is 0.339. The summed E-state index contributed by atoms with van der Waals surface area (Å²) in [4.78, 5) is 32.7. The number of methoxy groups -OCH3 is 1. The third-order valence-electron chi connectivity index (χ3n) is 7.17. The fraction of sp³-hybridized carbons (Fsp3) is 0.452. The number of amides is 1. The predicted molar refractivity (Wildman–Crippen MR) is 154 cm³/mol. The number of unbranched alkanes of at least 4 members (excludes halogenated alkanes) is 2. The molecule has 4 rings (SSSR count). The van der Waals surface area contributed by atoms with E-state index in [4.69, 9.17) is 37.4 Å². The molecule has 212 valence electrons. The van der Waals surface area contributed by atoms with Crippen LogP contribution in [0.1, 0.15) is 68.1 Å². The quantitative estimate of drug-likeness (QED) is 0.112. The first-order chi connectivity index (χ1) is 19.4. The zero-order valence-corrected chi connectivity index (χ0v) is 24.4. The summed E-state index contributed by atoms with van der Waals surface area (Å²) in [6, 6.07) is 9.03. The Labute approximate surface area is 245 Å². The molecule has 0 unspecified atom stereocenters. The highest BCUT2D eigenvalue weighted by molar-refractivity contribution is 6.29. The highest BCUT2D eigenvalue weighted by Crippen LogP contribution is 2.38. The molecule has 2 aromatic rings. The zero-order chi connectivity index (χ0) is 28.5. The Morgan fingerprint density at radius 3 is 2.80 bits per heavy atom. The van der Waals surface area contributed by atoms with Gasteiger partial charge in [-0.05, 0) is 56.4 Å². The van der Waals surface area contributed by atoms with Gasteiger partial charge in [0.2, 0.25) is 5.91 Å². The summed E-state index contributed by atoms with van der Waals surface area (Å²) in [5.41, 5.74) is 3.27. The summed E-state index contributed by atoms with van der Waals surface area (Å²) in [7, 11) is 1.57. The molecule has 2 aliphatic rings. The van der Waals surface area contributed by atoms with Crippen LogP contribution in [0.3, 0.4) is 0 Å². The first kappa shape index (κ1) is 29.9. The Bertz CT molecular complexity index is 1290. The van der Waals surface area contributed by atoms with Gasteiger partial charge in [0.25, 0.3) is 0 Å². The molecule has 1 aromatic heterocycles. The topological polar surface area (TPSA) is 78.0 Å². The molecular formula is C31H34Cl2N2O5. The minimum atomic E-state index is -0.496. The minimum absolute atomic E-state index is 0.00743. The maximum Gasteiger partial charge on any atom is 0.336 e. The van der Waals surface area contributed by atoms with Gasteiger partial charge < -0.3 is 19.1 Å². The van der Waals surface area contributed by atoms with E-state index in [1.54, 1.807) is 37.3 Å². The van der Waals surface area contributed by atoms with E-state index in [1.807, 2.05) is 18.2 Å². The van der Waals surface area contributed by atoms with Crippen LogP contribution in [0.2, 0.25) is 5.15 Å². The third-order valence-corrected chi connectivity index (χ3v) is 7.66. The van der Waals surface area contributed by atoms with Crippen LogP contribution in [0.25, 0.3) is 0 Å². The highest BCUT2D eigenvalue weighted by atomic mass is 35.5. The van der Waals surface area contributed by atoms with Gasteiger partial charge in [0.15, 0.2) is 0 Å². The fourth-order valence-corrected chi connectivity index (χ4v) is 5.31. The Morgan fingerprint density at radius 2 is 2.10 bits per heavy atom. The average molecular weight is 586 g/mol. The number of aromatic nitrogens is 1. The summed E-state index contributed by atoms with van der Waals surface area (Å²) in [5.74, 6) is 6.47. The van der Waals surface area contributed by atoms with Gasteiger partial charge in [-0.25, -0.2) is 9.78 Å². The van der Waals surface area contributed by atoms with Crippen molar-refractivity contribution in [2.24, 2.45) is 0 Å². The number of ether oxygens (including phenoxy) is 3. The molecule has 2 aliphatic heterocycles. The molecule has 2 atom stereocenters. The van der Waals surface area contributed by atoms with Crippen molar-refractivity contribution in [2.45, 2.75) is 64.1 Å². The Kier molecular flexibility index (Phi) is 10.9. The fourth-order valence-electron chi connectivity index (χ4n) is 5.01. The Hall–Kier alpha value is -3.05. The molecule has 1 amide bonds. The van der Waals surface area contributed by atoms with Crippen LogP contribution in [-0.2, 0) is 25.7 Å². The number of allylic oxidation sites excluding steroid dienone is 1. The number of carbonyl (C=O) groups excluding carboxylic acids is 2. The third kappa shape index (κ3) is 7.57. The lowest BCUT2D eigenvalue weighted by Crippen LogP contribution is -2.42. The number of alkyl halides is 1. The second kappa shape index (κ2) is 14.5. The van der Waals surface area contributed by atoms with Crippen LogP contribution in [0.4, 0.5) is 0 Å². The van der Waals surface area contributed by atoms with Crippen molar-refractivity contribution in [3.63, 3.8) is 0 Å². The average Bonchev–Trinajstić information content (AvgIpc) is 3.47. The molecule has 40 heavy (non-hydrogen) atoms. The molecular weight excluding hydrogens is 551 g/mol. The van der Waals surface area contributed by atoms with Gasteiger partial charge in [-0.1, -0.05) is 35.6 Å². The number of nitrogens with zero attached hydrogens (tertiary/aromatic N) is 2. The molecule has 0 bridgehead atoms. The summed E-state index contributed by atoms with van der Waals surface area (Å²) < 4.78 is 17.2. The van der Waals surface area contributed by atoms with E-state index in [-0.39, 0.29) is 25.0 Å². The molecule has 7 nitrogen and oxygen atoms in total. The van der Waals surface area contributed by atoms with Crippen LogP contribution in [0, 0.1) is 11.8 Å². The van der Waals surface area contributed by atoms with E-state index in [0.29, 0.717) is 41.2 Å². The molecule has 0 N–H and O–H groups in total. The van der Waals surface area contributed by atoms with Gasteiger partial charge in [0, 0.05) is 54.3 Å². The normalized spacial score (nSPS) is 18.9. The second-order valence-corrected chi connectivity index (χ2v) is 10.6. The second-order valence-electron chi connectivity index (χ2n) is 9.86. The molecule has 1 saturated heterocycles. The van der Waals surface area contributed by atoms with E-state index in [0.717, 1.165) is 48.8 Å². The van der Waals surface area contributed by atoms with Crippen LogP contribution in [0.15, 0.2) is 47.8 Å². The van der Waals surface area contributed by atoms with E-state index in [1.165, 1.54) is 0 Å². The van der Waals surface area contributed by atoms with Crippen molar-refractivity contribution < 1.29 is 23.8 Å². The first-order valence-electron chi connectivity index (χ1n) is 13.5. The maximum atomic E-state index is 13.6. The van der Waals surface area contributed by atoms with Crippen molar-refractivity contribution in [1.82, 2.24) is 9.88 Å². The van der Waals surface area contributed by atoms with Gasteiger partial charge in [-0.3, -0.25) is 4.79 Å². The van der Waals surface area contributed by atoms with Crippen LogP contribution >= 0.6 is 23.2 Å². The number of benzene rings is 1. The Balaban J connectivity index is 1.55. The maximum absolute atomic E-state index is 13.6. The summed E-state index contributed by atoms with van der Waals surface area (Å²) >= 11 is 11.7. The summed E-state index contributed by atoms with van der Waals surface area (Å²) in [6.07, 6.45) is 6.21. The van der Waals surface area contributed by atoms with Gasteiger partial charge in [0.1, 0.15) is 17.5 Å². The molecule has 0 spiro atoms. The van der Waals surface area contributed by atoms with Crippen LogP contribution < -0.4 is 4.74 Å². The van der Waals surface area contributed by atoms with Crippen molar-refractivity contribution in [1.29, 1.82) is 0 Å². The van der Waals surface area contributed by atoms with E-state index >= 15 is 0 Å². The number of carbonyl (C=O) groups is 2. The van der Waals surface area contributed by atoms with Crippen molar-refractivity contribution in [2.75, 3.05) is 26.1 Å². The number of halogens is 2. The number of rotatable bonds is 10. The number of hydrogen-bond acceptors (Lipinski definition) is 6. The van der Waals surface area contributed by atoms with Crippen molar-refractivity contribution >= 4 is 35.1 Å². The number of hydrogen-bond donors (Lipinski definition) is 0. The minimum Gasteiger partial charge on any atom is -0.496 e. The van der Waals surface area contributed by atoms with Gasteiger partial charge in [0.05, 0.1) is 25.3 Å². The lowest BCUT2D eigenvalue weighted by atomic mass is 9.84. The van der Waals surface area contributed by atoms with Crippen LogP contribution in [-0.4, -0.2) is 54.0 Å². The summed E-state index contributed by atoms with van der Waals surface area (Å²) in [6.45, 7) is 2.90. The zero-order valence-electron chi connectivity index (χ0n) is 22.9. The lowest BCUT2D eigenvalue weighted by molar-refractivity contribution is -0.141. The van der Waals surface area contributed by atoms with E-state index in [2.05, 4.69) is 16.8 Å². The van der Waals surface area contributed by atoms with E-state index < -0.39 is 11.9 Å². The van der Waals surface area contributed by atoms with Gasteiger partial charge in [-0.2, -0.15) is 0 Å². The number of pyridine rings is 1. The van der Waals surface area contributed by atoms with Gasteiger partial charge in [-0.15, -0.1) is 11.6 Å². The molecule has 1 aromatic carbocycles. The molecule has 0 saturated carbocycles. The van der Waals surface area contributed by atoms with Crippen molar-refractivity contribution in [3.05, 3.63) is 69.6 Å². The van der Waals surface area contributed by atoms with Crippen LogP contribution in [0.5, 0.6) is 5.75 Å². The number of esters is 1. The first-order valence-corrected chi connectivity index (χ1v) is 14.5. The molecule has 0 radical (unpaired) electrons. The highest BCUT2D eigenvalue weighted by Gasteiger charge is 2.38. The SMILES string of the molecule is COc1cc(C#CCCCCCl)ccc1COC(=O)C1=C(C)N(C[C@H]2CCCO2)C(=O)C[C@H]1c1ccc(Cl)nc1. The van der Waals surface area contributed by atoms with E-state index in [9.17, 15) is 9.59 Å². The molecule has 1 fully saturated rings. The predicted octanol–water partition coefficient (Wildman–Crippen LogP) is 6.02. The lowest BCUT2D eigenvalue weighted by Gasteiger charge is -2.35. The van der Waals surface area contributed by atoms with Gasteiger partial charge >= 0.3 is 5.97 Å². The molecule has 9 heteroatoms. The largest absolute Gasteiger partial charge is 0.496 e. The van der Waals surface area contributed by atoms with Crippen molar-refractivity contribution in [3.8, 4) is 17.6 Å². The molecule has 0 aliphatic carbocycles.